The van der Waals surface area contributed by atoms with E-state index >= 15 is 0 Å². The zero-order valence-corrected chi connectivity index (χ0v) is 14.4. The normalized spacial score (nSPS) is 11.9. The Hall–Kier alpha value is -1.13. The summed E-state index contributed by atoms with van der Waals surface area (Å²) in [6.07, 6.45) is -0.773. The molecular formula is C15H11Cl4NO2. The fourth-order valence-corrected chi connectivity index (χ4v) is 2.41. The molecule has 22 heavy (non-hydrogen) atoms. The minimum atomic E-state index is -0.773. The van der Waals surface area contributed by atoms with Crippen molar-refractivity contribution in [3.05, 3.63) is 56.5 Å². The number of carbonyl (C=O) groups is 1. The van der Waals surface area contributed by atoms with E-state index < -0.39 is 6.10 Å². The first kappa shape index (κ1) is 17.2. The number of benzene rings is 2. The van der Waals surface area contributed by atoms with E-state index in [1.807, 2.05) is 0 Å². The third-order valence-corrected chi connectivity index (χ3v) is 4.12. The highest BCUT2D eigenvalue weighted by Gasteiger charge is 2.18. The van der Waals surface area contributed by atoms with E-state index in [0.29, 0.717) is 26.5 Å². The fraction of sp³-hybridized carbons (Fsp3) is 0.133. The summed E-state index contributed by atoms with van der Waals surface area (Å²) >= 11 is 23.8. The van der Waals surface area contributed by atoms with Gasteiger partial charge in [0.25, 0.3) is 5.91 Å². The summed E-state index contributed by atoms with van der Waals surface area (Å²) in [6, 6.07) is 9.83. The van der Waals surface area contributed by atoms with Crippen molar-refractivity contribution in [2.45, 2.75) is 13.0 Å². The second kappa shape index (κ2) is 7.42. The first-order chi connectivity index (χ1) is 10.4. The molecule has 2 rings (SSSR count). The zero-order chi connectivity index (χ0) is 16.3. The summed E-state index contributed by atoms with van der Waals surface area (Å²) in [5, 5.41) is 3.95. The number of para-hydroxylation sites is 1. The van der Waals surface area contributed by atoms with Crippen LogP contribution in [0.4, 0.5) is 5.69 Å². The number of hydrogen-bond acceptors (Lipinski definition) is 2. The number of hydrogen-bond donors (Lipinski definition) is 1. The Morgan fingerprint density at radius 2 is 1.64 bits per heavy atom. The molecule has 0 aliphatic rings. The lowest BCUT2D eigenvalue weighted by Crippen LogP contribution is -2.30. The van der Waals surface area contributed by atoms with Gasteiger partial charge in [0.1, 0.15) is 5.75 Å². The van der Waals surface area contributed by atoms with Gasteiger partial charge in [0.05, 0.1) is 25.8 Å². The number of anilines is 1. The van der Waals surface area contributed by atoms with Gasteiger partial charge in [-0.15, -0.1) is 0 Å². The maximum Gasteiger partial charge on any atom is 0.265 e. The van der Waals surface area contributed by atoms with Crippen LogP contribution < -0.4 is 10.1 Å². The van der Waals surface area contributed by atoms with Crippen LogP contribution >= 0.6 is 46.4 Å². The Morgan fingerprint density at radius 3 is 2.32 bits per heavy atom. The van der Waals surface area contributed by atoms with Crippen LogP contribution in [0.25, 0.3) is 0 Å². The lowest BCUT2D eigenvalue weighted by molar-refractivity contribution is -0.122. The van der Waals surface area contributed by atoms with Crippen LogP contribution in [0.15, 0.2) is 36.4 Å². The highest BCUT2D eigenvalue weighted by molar-refractivity contribution is 6.44. The Bertz CT molecular complexity index is 706. The van der Waals surface area contributed by atoms with Crippen molar-refractivity contribution in [1.82, 2.24) is 0 Å². The SMILES string of the molecule is C[C@H](Oc1ccccc1Cl)C(=O)Nc1cc(Cl)c(Cl)cc1Cl. The van der Waals surface area contributed by atoms with Crippen LogP contribution in [0.2, 0.25) is 20.1 Å². The standard InChI is InChI=1S/C15H11Cl4NO2/c1-8(22-14-5-3-2-4-9(14)16)15(21)20-13-7-11(18)10(17)6-12(13)19/h2-8H,1H3,(H,20,21)/t8-/m0/s1. The first-order valence-electron chi connectivity index (χ1n) is 6.25. The molecule has 0 heterocycles. The van der Waals surface area contributed by atoms with Crippen LogP contribution in [-0.2, 0) is 4.79 Å². The fourth-order valence-electron chi connectivity index (χ4n) is 1.64. The number of rotatable bonds is 4. The molecule has 1 atom stereocenters. The molecule has 0 saturated carbocycles. The summed E-state index contributed by atoms with van der Waals surface area (Å²) in [4.78, 5) is 12.2. The molecule has 0 unspecified atom stereocenters. The molecule has 0 spiro atoms. The summed E-state index contributed by atoms with van der Waals surface area (Å²) in [7, 11) is 0. The van der Waals surface area contributed by atoms with Gasteiger partial charge in [-0.25, -0.2) is 0 Å². The van der Waals surface area contributed by atoms with E-state index in [2.05, 4.69) is 5.32 Å². The van der Waals surface area contributed by atoms with Gasteiger partial charge in [0.2, 0.25) is 0 Å². The molecule has 116 valence electrons. The van der Waals surface area contributed by atoms with Crippen molar-refractivity contribution in [3.8, 4) is 5.75 Å². The molecule has 1 amide bonds. The first-order valence-corrected chi connectivity index (χ1v) is 7.76. The van der Waals surface area contributed by atoms with E-state index in [4.69, 9.17) is 51.1 Å². The minimum absolute atomic E-state index is 0.285. The number of nitrogens with one attached hydrogen (secondary N) is 1. The molecule has 0 fully saturated rings. The van der Waals surface area contributed by atoms with Crippen molar-refractivity contribution in [2.75, 3.05) is 5.32 Å². The van der Waals surface area contributed by atoms with Crippen LogP contribution in [0.3, 0.4) is 0 Å². The zero-order valence-electron chi connectivity index (χ0n) is 11.4. The molecule has 0 aliphatic carbocycles. The second-order valence-corrected chi connectivity index (χ2v) is 6.05. The average Bonchev–Trinajstić information content (AvgIpc) is 2.47. The van der Waals surface area contributed by atoms with Crippen molar-refractivity contribution in [1.29, 1.82) is 0 Å². The van der Waals surface area contributed by atoms with E-state index in [1.54, 1.807) is 31.2 Å². The van der Waals surface area contributed by atoms with Crippen LogP contribution in [-0.4, -0.2) is 12.0 Å². The summed E-state index contributed by atoms with van der Waals surface area (Å²) < 4.78 is 5.53. The van der Waals surface area contributed by atoms with Gasteiger partial charge in [-0.3, -0.25) is 4.79 Å². The third-order valence-electron chi connectivity index (χ3n) is 2.78. The number of amides is 1. The molecule has 0 bridgehead atoms. The number of carbonyl (C=O) groups excluding carboxylic acids is 1. The molecule has 1 N–H and O–H groups in total. The van der Waals surface area contributed by atoms with Crippen molar-refractivity contribution < 1.29 is 9.53 Å². The smallest absolute Gasteiger partial charge is 0.265 e. The van der Waals surface area contributed by atoms with E-state index in [-0.39, 0.29) is 10.9 Å². The molecular weight excluding hydrogens is 368 g/mol. The number of halogens is 4. The van der Waals surface area contributed by atoms with Crippen molar-refractivity contribution in [2.24, 2.45) is 0 Å². The predicted molar refractivity (Wildman–Crippen MR) is 91.6 cm³/mol. The van der Waals surface area contributed by atoms with Gasteiger partial charge in [-0.05, 0) is 31.2 Å². The predicted octanol–water partition coefficient (Wildman–Crippen LogP) is 5.71. The summed E-state index contributed by atoms with van der Waals surface area (Å²) in [6.45, 7) is 1.60. The second-order valence-electron chi connectivity index (χ2n) is 4.43. The van der Waals surface area contributed by atoms with Gasteiger partial charge in [0.15, 0.2) is 6.10 Å². The maximum absolute atomic E-state index is 12.2. The van der Waals surface area contributed by atoms with Crippen LogP contribution in [0.5, 0.6) is 5.75 Å². The topological polar surface area (TPSA) is 38.3 Å². The molecule has 0 aliphatic heterocycles. The van der Waals surface area contributed by atoms with Crippen molar-refractivity contribution in [3.63, 3.8) is 0 Å². The van der Waals surface area contributed by atoms with E-state index in [0.717, 1.165) is 0 Å². The lowest BCUT2D eigenvalue weighted by atomic mass is 10.3. The summed E-state index contributed by atoms with van der Waals surface area (Å²) in [5.74, 6) is 0.0345. The molecule has 7 heteroatoms. The monoisotopic (exact) mass is 377 g/mol. The van der Waals surface area contributed by atoms with Gasteiger partial charge in [-0.1, -0.05) is 58.5 Å². The molecule has 0 saturated heterocycles. The van der Waals surface area contributed by atoms with E-state index in [9.17, 15) is 4.79 Å². The summed E-state index contributed by atoms with van der Waals surface area (Å²) in [5.41, 5.74) is 0.357. The Balaban J connectivity index is 2.09. The minimum Gasteiger partial charge on any atom is -0.479 e. The highest BCUT2D eigenvalue weighted by atomic mass is 35.5. The van der Waals surface area contributed by atoms with Gasteiger partial charge in [0, 0.05) is 0 Å². The number of ether oxygens (including phenoxy) is 1. The van der Waals surface area contributed by atoms with Gasteiger partial charge in [-0.2, -0.15) is 0 Å². The quantitative estimate of drug-likeness (QED) is 0.692. The average molecular weight is 379 g/mol. The largest absolute Gasteiger partial charge is 0.479 e. The molecule has 0 aromatic heterocycles. The van der Waals surface area contributed by atoms with E-state index in [1.165, 1.54) is 12.1 Å². The Morgan fingerprint density at radius 1 is 1.00 bits per heavy atom. The van der Waals surface area contributed by atoms with Gasteiger partial charge >= 0.3 is 0 Å². The third kappa shape index (κ3) is 4.20. The van der Waals surface area contributed by atoms with Gasteiger partial charge < -0.3 is 10.1 Å². The Labute approximate surface area is 148 Å². The highest BCUT2D eigenvalue weighted by Crippen LogP contribution is 2.32. The lowest BCUT2D eigenvalue weighted by Gasteiger charge is -2.16. The molecule has 2 aromatic carbocycles. The molecule has 2 aromatic rings. The van der Waals surface area contributed by atoms with Crippen LogP contribution in [0, 0.1) is 0 Å². The molecule has 3 nitrogen and oxygen atoms in total. The van der Waals surface area contributed by atoms with Crippen LogP contribution in [0.1, 0.15) is 6.92 Å². The van der Waals surface area contributed by atoms with Crippen molar-refractivity contribution >= 4 is 58.0 Å². The molecule has 0 radical (unpaired) electrons. The Kier molecular flexibility index (Phi) is 5.81. The maximum atomic E-state index is 12.2.